The number of carbonyl (C=O) groups is 2. The van der Waals surface area contributed by atoms with Crippen molar-refractivity contribution in [3.8, 4) is 5.75 Å². The average Bonchev–Trinajstić information content (AvgIpc) is 3.50. The first-order valence-corrected chi connectivity index (χ1v) is 10.1. The van der Waals surface area contributed by atoms with Gasteiger partial charge in [-0.2, -0.15) is 10.2 Å². The van der Waals surface area contributed by atoms with E-state index in [1.807, 2.05) is 50.2 Å². The Balaban J connectivity index is 1.33. The highest BCUT2D eigenvalue weighted by Gasteiger charge is 2.28. The number of carbonyl (C=O) groups excluding carboxylic acids is 2. The lowest BCUT2D eigenvalue weighted by molar-refractivity contribution is -0.118. The van der Waals surface area contributed by atoms with E-state index >= 15 is 0 Å². The van der Waals surface area contributed by atoms with E-state index in [1.54, 1.807) is 0 Å². The van der Waals surface area contributed by atoms with Crippen LogP contribution >= 0.6 is 0 Å². The first kappa shape index (κ1) is 20.1. The summed E-state index contributed by atoms with van der Waals surface area (Å²) in [5.41, 5.74) is 8.24. The van der Waals surface area contributed by atoms with Crippen LogP contribution < -0.4 is 20.9 Å². The summed E-state index contributed by atoms with van der Waals surface area (Å²) in [6.07, 6.45) is 2.52. The molecule has 30 heavy (non-hydrogen) atoms. The molecule has 9 heteroatoms. The molecule has 1 aromatic carbocycles. The number of amides is 3. The van der Waals surface area contributed by atoms with Crippen molar-refractivity contribution in [2.24, 2.45) is 5.92 Å². The van der Waals surface area contributed by atoms with Gasteiger partial charge < -0.3 is 15.1 Å². The molecule has 1 aliphatic carbocycles. The molecule has 2 fully saturated rings. The Bertz CT molecular complexity index is 927. The van der Waals surface area contributed by atoms with Crippen LogP contribution in [0.3, 0.4) is 0 Å². The van der Waals surface area contributed by atoms with Gasteiger partial charge in [0.05, 0.1) is 35.8 Å². The van der Waals surface area contributed by atoms with Gasteiger partial charge in [0.1, 0.15) is 12.3 Å². The molecule has 1 aromatic heterocycles. The van der Waals surface area contributed by atoms with E-state index in [0.717, 1.165) is 23.7 Å². The van der Waals surface area contributed by atoms with E-state index in [0.29, 0.717) is 11.6 Å². The first-order chi connectivity index (χ1) is 14.4. The number of hydrazine groups is 1. The number of anilines is 1. The summed E-state index contributed by atoms with van der Waals surface area (Å²) in [6, 6.07) is 11.1. The Morgan fingerprint density at radius 3 is 2.70 bits per heavy atom. The van der Waals surface area contributed by atoms with Gasteiger partial charge in [-0.05, 0) is 56.9 Å². The molecule has 0 radical (unpaired) electrons. The lowest BCUT2D eigenvalue weighted by Gasteiger charge is -2.26. The second-order valence-electron chi connectivity index (χ2n) is 8.28. The van der Waals surface area contributed by atoms with Crippen LogP contribution in [-0.2, 0) is 16.9 Å². The number of rotatable bonds is 9. The molecule has 0 spiro atoms. The monoisotopic (exact) mass is 410 g/mol. The van der Waals surface area contributed by atoms with Gasteiger partial charge in [0.15, 0.2) is 0 Å². The van der Waals surface area contributed by atoms with Crippen LogP contribution in [-0.4, -0.2) is 40.2 Å². The second kappa shape index (κ2) is 8.27. The Morgan fingerprint density at radius 1 is 1.20 bits per heavy atom. The predicted molar refractivity (Wildman–Crippen MR) is 110 cm³/mol. The summed E-state index contributed by atoms with van der Waals surface area (Å²) in [6.45, 7) is 5.04. The normalized spacial score (nSPS) is 16.5. The Kier molecular flexibility index (Phi) is 5.54. The van der Waals surface area contributed by atoms with Crippen LogP contribution in [0.1, 0.15) is 38.1 Å². The topological polar surface area (TPSA) is 108 Å². The predicted octanol–water partition coefficient (Wildman–Crippen LogP) is 2.17. The number of nitrogens with one attached hydrogen (secondary N) is 3. The molecular formula is C21H26N6O3. The lowest BCUT2D eigenvalue weighted by atomic mass is 10.0. The maximum atomic E-state index is 11.7. The van der Waals surface area contributed by atoms with E-state index in [-0.39, 0.29) is 19.0 Å². The molecule has 0 unspecified atom stereocenters. The van der Waals surface area contributed by atoms with Crippen LogP contribution in [0.5, 0.6) is 5.75 Å². The third kappa shape index (κ3) is 5.04. The van der Waals surface area contributed by atoms with E-state index in [2.05, 4.69) is 26.4 Å². The smallest absolute Gasteiger partial charge is 0.324 e. The minimum absolute atomic E-state index is 0.0443. The largest absolute Gasteiger partial charge is 0.493 e. The third-order valence-electron chi connectivity index (χ3n) is 5.12. The average molecular weight is 410 g/mol. The van der Waals surface area contributed by atoms with Crippen molar-refractivity contribution in [1.82, 2.24) is 25.8 Å². The van der Waals surface area contributed by atoms with Gasteiger partial charge in [-0.3, -0.25) is 10.1 Å². The fourth-order valence-electron chi connectivity index (χ4n) is 3.04. The zero-order chi connectivity index (χ0) is 21.1. The van der Waals surface area contributed by atoms with E-state index in [4.69, 9.17) is 4.74 Å². The van der Waals surface area contributed by atoms with E-state index < -0.39 is 11.6 Å². The molecule has 0 bridgehead atoms. The number of ether oxygens (including phenoxy) is 1. The van der Waals surface area contributed by atoms with Gasteiger partial charge >= 0.3 is 6.03 Å². The van der Waals surface area contributed by atoms with Crippen molar-refractivity contribution >= 4 is 17.6 Å². The molecule has 0 atom stereocenters. The van der Waals surface area contributed by atoms with Crippen molar-refractivity contribution in [3.63, 3.8) is 0 Å². The summed E-state index contributed by atoms with van der Waals surface area (Å²) in [5.74, 6) is 1.25. The van der Waals surface area contributed by atoms with Crippen molar-refractivity contribution in [2.45, 2.75) is 38.8 Å². The number of hydrogen-bond donors (Lipinski definition) is 3. The van der Waals surface area contributed by atoms with Gasteiger partial charge in [-0.1, -0.05) is 6.07 Å². The highest BCUT2D eigenvalue weighted by molar-refractivity contribution is 6.01. The summed E-state index contributed by atoms with van der Waals surface area (Å²) < 4.78 is 5.83. The molecule has 1 saturated heterocycles. The fraction of sp³-hybridized carbons (Fsp3) is 0.429. The maximum absolute atomic E-state index is 11.7. The summed E-state index contributed by atoms with van der Waals surface area (Å²) in [5, 5.41) is 10.8. The molecule has 1 saturated carbocycles. The van der Waals surface area contributed by atoms with Crippen molar-refractivity contribution in [2.75, 3.05) is 18.6 Å². The number of benzene rings is 1. The van der Waals surface area contributed by atoms with Crippen LogP contribution in [0, 0.1) is 5.92 Å². The molecule has 3 amide bonds. The van der Waals surface area contributed by atoms with E-state index in [1.165, 1.54) is 17.7 Å². The number of hydrogen-bond acceptors (Lipinski definition) is 7. The molecule has 158 valence electrons. The molecule has 2 aromatic rings. The molecule has 4 rings (SSSR count). The zero-order valence-electron chi connectivity index (χ0n) is 17.1. The van der Waals surface area contributed by atoms with Gasteiger partial charge in [0, 0.05) is 6.07 Å². The highest BCUT2D eigenvalue weighted by Crippen LogP contribution is 2.30. The molecule has 3 N–H and O–H groups in total. The highest BCUT2D eigenvalue weighted by atomic mass is 16.5. The lowest BCUT2D eigenvalue weighted by Crippen LogP contribution is -2.41. The van der Waals surface area contributed by atoms with Crippen LogP contribution in [0.4, 0.5) is 10.5 Å². The van der Waals surface area contributed by atoms with Gasteiger partial charge in [-0.15, -0.1) is 0 Å². The molecule has 1 aliphatic heterocycles. The van der Waals surface area contributed by atoms with Crippen molar-refractivity contribution < 1.29 is 14.3 Å². The second-order valence-corrected chi connectivity index (χ2v) is 8.28. The Labute approximate surface area is 175 Å². The Hall–Kier alpha value is -3.20. The third-order valence-corrected chi connectivity index (χ3v) is 5.12. The number of nitrogens with zero attached hydrogens (tertiary/aromatic N) is 3. The number of urea groups is 1. The number of aromatic nitrogens is 2. The minimum Gasteiger partial charge on any atom is -0.493 e. The van der Waals surface area contributed by atoms with Crippen LogP contribution in [0.25, 0.3) is 0 Å². The number of imide groups is 1. The summed E-state index contributed by atoms with van der Waals surface area (Å²) in [4.78, 5) is 24.3. The van der Waals surface area contributed by atoms with Gasteiger partial charge in [0.2, 0.25) is 5.91 Å². The summed E-state index contributed by atoms with van der Waals surface area (Å²) in [7, 11) is 0. The summed E-state index contributed by atoms with van der Waals surface area (Å²) >= 11 is 0. The van der Waals surface area contributed by atoms with E-state index in [9.17, 15) is 9.59 Å². The van der Waals surface area contributed by atoms with Crippen molar-refractivity contribution in [1.29, 1.82) is 0 Å². The Morgan fingerprint density at radius 2 is 2.03 bits per heavy atom. The SMILES string of the molecule is CC(C)(NNc1cccc(OCC2CC2)c1)c1ccc(CN2CC(=O)NC2=O)nn1. The van der Waals surface area contributed by atoms with Crippen LogP contribution in [0.2, 0.25) is 0 Å². The van der Waals surface area contributed by atoms with Crippen molar-refractivity contribution in [3.05, 3.63) is 47.8 Å². The van der Waals surface area contributed by atoms with Gasteiger partial charge in [-0.25, -0.2) is 10.2 Å². The zero-order valence-corrected chi connectivity index (χ0v) is 17.1. The minimum atomic E-state index is -0.503. The maximum Gasteiger partial charge on any atom is 0.324 e. The standard InChI is InChI=1S/C21H26N6O3/c1-21(2,26-24-15-4-3-5-17(10-15)30-13-14-6-7-14)18-9-8-16(23-25-18)11-27-12-19(28)22-20(27)29/h3-5,8-10,14,24,26H,6-7,11-13H2,1-2H3,(H,22,28,29). The quantitative estimate of drug-likeness (QED) is 0.429. The van der Waals surface area contributed by atoms with Gasteiger partial charge in [0.25, 0.3) is 0 Å². The molecular weight excluding hydrogens is 384 g/mol. The fourth-order valence-corrected chi connectivity index (χ4v) is 3.04. The first-order valence-electron chi connectivity index (χ1n) is 10.1. The molecule has 2 aliphatic rings. The van der Waals surface area contributed by atoms with Crippen LogP contribution in [0.15, 0.2) is 36.4 Å². The molecule has 9 nitrogen and oxygen atoms in total. The molecule has 2 heterocycles.